The molecule has 0 saturated carbocycles. The van der Waals surface area contributed by atoms with Crippen LogP contribution in [-0.2, 0) is 0 Å². The fourth-order valence-corrected chi connectivity index (χ4v) is 1.82. The minimum absolute atomic E-state index is 0.109. The number of likely N-dealkylation sites (tertiary alicyclic amines) is 1. The number of hydrogen-bond donors (Lipinski definition) is 1. The van der Waals surface area contributed by atoms with Crippen LogP contribution in [0.25, 0.3) is 0 Å². The summed E-state index contributed by atoms with van der Waals surface area (Å²) in [5.41, 5.74) is 0.487. The number of carbonyl (C=O) groups excluding carboxylic acids is 1. The van der Waals surface area contributed by atoms with E-state index in [0.717, 1.165) is 25.9 Å². The quantitative estimate of drug-likeness (QED) is 0.801. The van der Waals surface area contributed by atoms with E-state index < -0.39 is 0 Å². The van der Waals surface area contributed by atoms with Crippen molar-refractivity contribution in [2.75, 3.05) is 18.4 Å². The van der Waals surface area contributed by atoms with E-state index in [0.29, 0.717) is 11.4 Å². The van der Waals surface area contributed by atoms with Gasteiger partial charge >= 0.3 is 6.03 Å². The summed E-state index contributed by atoms with van der Waals surface area (Å²) >= 11 is 0. The van der Waals surface area contributed by atoms with Crippen LogP contribution in [0.5, 0.6) is 0 Å². The molecule has 1 aromatic rings. The molecule has 1 aliphatic rings. The Morgan fingerprint density at radius 3 is 2.71 bits per heavy atom. The van der Waals surface area contributed by atoms with Gasteiger partial charge in [0.25, 0.3) is 0 Å². The Labute approximate surface area is 100 Å². The van der Waals surface area contributed by atoms with Crippen molar-refractivity contribution in [3.05, 3.63) is 23.9 Å². The van der Waals surface area contributed by atoms with Gasteiger partial charge in [-0.1, -0.05) is 0 Å². The predicted molar refractivity (Wildman–Crippen MR) is 63.4 cm³/mol. The van der Waals surface area contributed by atoms with Crippen LogP contribution in [0.4, 0.5) is 10.6 Å². The lowest BCUT2D eigenvalue weighted by atomic mass is 10.1. The summed E-state index contributed by atoms with van der Waals surface area (Å²) in [5, 5.41) is 11.4. The highest BCUT2D eigenvalue weighted by molar-refractivity contribution is 5.88. The Hall–Kier alpha value is -2.09. The molecule has 2 amide bonds. The van der Waals surface area contributed by atoms with Gasteiger partial charge in [0.2, 0.25) is 0 Å². The molecule has 2 heterocycles. The first-order valence-electron chi connectivity index (χ1n) is 5.71. The van der Waals surface area contributed by atoms with Gasteiger partial charge in [-0.3, -0.25) is 5.32 Å². The van der Waals surface area contributed by atoms with Gasteiger partial charge in [0.05, 0.1) is 5.56 Å². The van der Waals surface area contributed by atoms with Crippen LogP contribution in [0, 0.1) is 11.3 Å². The molecule has 1 fully saturated rings. The normalized spacial score (nSPS) is 15.1. The maximum Gasteiger partial charge on any atom is 0.323 e. The Balaban J connectivity index is 1.95. The molecule has 0 bridgehead atoms. The Kier molecular flexibility index (Phi) is 3.55. The van der Waals surface area contributed by atoms with Crippen molar-refractivity contribution < 1.29 is 4.79 Å². The zero-order chi connectivity index (χ0) is 12.1. The number of nitrogens with one attached hydrogen (secondary N) is 1. The zero-order valence-corrected chi connectivity index (χ0v) is 9.52. The minimum Gasteiger partial charge on any atom is -0.325 e. The van der Waals surface area contributed by atoms with E-state index in [1.165, 1.54) is 12.6 Å². The molecule has 0 atom stereocenters. The average Bonchev–Trinajstić information content (AvgIpc) is 2.40. The molecule has 0 radical (unpaired) electrons. The highest BCUT2D eigenvalue weighted by Gasteiger charge is 2.16. The van der Waals surface area contributed by atoms with E-state index in [2.05, 4.69) is 10.3 Å². The summed E-state index contributed by atoms with van der Waals surface area (Å²) in [7, 11) is 0. The van der Waals surface area contributed by atoms with Gasteiger partial charge in [-0.25, -0.2) is 9.78 Å². The fraction of sp³-hybridized carbons (Fsp3) is 0.417. The molecule has 0 aliphatic carbocycles. The second-order valence-corrected chi connectivity index (χ2v) is 4.02. The monoisotopic (exact) mass is 230 g/mol. The van der Waals surface area contributed by atoms with Crippen molar-refractivity contribution in [1.82, 2.24) is 9.88 Å². The zero-order valence-electron chi connectivity index (χ0n) is 9.52. The van der Waals surface area contributed by atoms with Crippen molar-refractivity contribution in [3.8, 4) is 6.07 Å². The van der Waals surface area contributed by atoms with E-state index in [4.69, 9.17) is 5.26 Å². The van der Waals surface area contributed by atoms with Gasteiger partial charge in [0.1, 0.15) is 11.9 Å². The lowest BCUT2D eigenvalue weighted by Crippen LogP contribution is -2.38. The third-order valence-electron chi connectivity index (χ3n) is 2.77. The van der Waals surface area contributed by atoms with Crippen molar-refractivity contribution in [1.29, 1.82) is 5.26 Å². The molecule has 2 rings (SSSR count). The summed E-state index contributed by atoms with van der Waals surface area (Å²) in [5.74, 6) is 0.486. The number of pyridine rings is 1. The third kappa shape index (κ3) is 2.94. The molecule has 1 N–H and O–H groups in total. The molecule has 1 saturated heterocycles. The van der Waals surface area contributed by atoms with Crippen molar-refractivity contribution in [2.45, 2.75) is 19.3 Å². The van der Waals surface area contributed by atoms with Gasteiger partial charge in [-0.05, 0) is 31.4 Å². The first-order chi connectivity index (χ1) is 8.29. The topological polar surface area (TPSA) is 69.0 Å². The van der Waals surface area contributed by atoms with E-state index in [1.807, 2.05) is 6.07 Å². The number of carbonyl (C=O) groups is 1. The van der Waals surface area contributed by atoms with E-state index in [9.17, 15) is 4.79 Å². The van der Waals surface area contributed by atoms with Gasteiger partial charge < -0.3 is 4.90 Å². The van der Waals surface area contributed by atoms with Crippen LogP contribution in [0.15, 0.2) is 18.3 Å². The molecule has 5 heteroatoms. The number of amides is 2. The number of aromatic nitrogens is 1. The van der Waals surface area contributed by atoms with Gasteiger partial charge in [-0.15, -0.1) is 0 Å². The van der Waals surface area contributed by atoms with E-state index in [-0.39, 0.29) is 6.03 Å². The molecule has 1 aliphatic heterocycles. The summed E-state index contributed by atoms with van der Waals surface area (Å²) in [6.07, 6.45) is 4.77. The van der Waals surface area contributed by atoms with Gasteiger partial charge in [0.15, 0.2) is 0 Å². The SMILES string of the molecule is N#Cc1ccc(NC(=O)N2CCCCC2)nc1. The van der Waals surface area contributed by atoms with Gasteiger partial charge in [-0.2, -0.15) is 5.26 Å². The summed E-state index contributed by atoms with van der Waals surface area (Å²) < 4.78 is 0. The standard InChI is InChI=1S/C12H14N4O/c13-8-10-4-5-11(14-9-10)15-12(17)16-6-2-1-3-7-16/h4-5,9H,1-3,6-7H2,(H,14,15,17). The number of nitriles is 1. The van der Waals surface area contributed by atoms with E-state index in [1.54, 1.807) is 17.0 Å². The van der Waals surface area contributed by atoms with Crippen LogP contribution in [-0.4, -0.2) is 29.0 Å². The maximum absolute atomic E-state index is 11.8. The molecule has 0 unspecified atom stereocenters. The second kappa shape index (κ2) is 5.30. The fourth-order valence-electron chi connectivity index (χ4n) is 1.82. The molecule has 88 valence electrons. The predicted octanol–water partition coefficient (Wildman–Crippen LogP) is 1.97. The highest BCUT2D eigenvalue weighted by Crippen LogP contribution is 2.11. The molecule has 0 spiro atoms. The number of nitrogens with zero attached hydrogens (tertiary/aromatic N) is 3. The average molecular weight is 230 g/mol. The molecular weight excluding hydrogens is 216 g/mol. The van der Waals surface area contributed by atoms with E-state index >= 15 is 0 Å². The molecule has 17 heavy (non-hydrogen) atoms. The Morgan fingerprint density at radius 2 is 2.12 bits per heavy atom. The largest absolute Gasteiger partial charge is 0.325 e. The molecule has 5 nitrogen and oxygen atoms in total. The van der Waals surface area contributed by atoms with Crippen molar-refractivity contribution >= 4 is 11.8 Å². The Morgan fingerprint density at radius 1 is 1.35 bits per heavy atom. The molecule has 0 aromatic carbocycles. The number of anilines is 1. The third-order valence-corrected chi connectivity index (χ3v) is 2.77. The van der Waals surface area contributed by atoms with Crippen molar-refractivity contribution in [2.24, 2.45) is 0 Å². The second-order valence-electron chi connectivity index (χ2n) is 4.02. The summed E-state index contributed by atoms with van der Waals surface area (Å²) in [6, 6.07) is 5.15. The number of rotatable bonds is 1. The van der Waals surface area contributed by atoms with Crippen LogP contribution >= 0.6 is 0 Å². The molecular formula is C12H14N4O. The highest BCUT2D eigenvalue weighted by atomic mass is 16.2. The van der Waals surface area contributed by atoms with Crippen LogP contribution in [0.1, 0.15) is 24.8 Å². The summed E-state index contributed by atoms with van der Waals surface area (Å²) in [6.45, 7) is 1.62. The minimum atomic E-state index is -0.109. The number of hydrogen-bond acceptors (Lipinski definition) is 3. The summed E-state index contributed by atoms with van der Waals surface area (Å²) in [4.78, 5) is 17.6. The maximum atomic E-state index is 11.8. The number of urea groups is 1. The van der Waals surface area contributed by atoms with Crippen LogP contribution in [0.2, 0.25) is 0 Å². The first-order valence-corrected chi connectivity index (χ1v) is 5.71. The first kappa shape index (κ1) is 11.4. The van der Waals surface area contributed by atoms with Crippen molar-refractivity contribution in [3.63, 3.8) is 0 Å². The smallest absolute Gasteiger partial charge is 0.323 e. The van der Waals surface area contributed by atoms with Crippen LogP contribution < -0.4 is 5.32 Å². The lowest BCUT2D eigenvalue weighted by molar-refractivity contribution is 0.200. The number of piperidine rings is 1. The Bertz CT molecular complexity index is 429. The van der Waals surface area contributed by atoms with Crippen LogP contribution in [0.3, 0.4) is 0 Å². The van der Waals surface area contributed by atoms with Gasteiger partial charge in [0, 0.05) is 19.3 Å². The lowest BCUT2D eigenvalue weighted by Gasteiger charge is -2.26. The molecule has 1 aromatic heterocycles.